The third kappa shape index (κ3) is 2.01. The molecule has 1 nitrogen and oxygen atoms in total. The Hall–Kier alpha value is -0.830. The number of halogens is 1. The van der Waals surface area contributed by atoms with E-state index in [0.29, 0.717) is 0 Å². The molecule has 90 valence electrons. The Morgan fingerprint density at radius 2 is 1.94 bits per heavy atom. The molecule has 1 aliphatic heterocycles. The summed E-state index contributed by atoms with van der Waals surface area (Å²) in [6.07, 6.45) is 1.16. The summed E-state index contributed by atoms with van der Waals surface area (Å²) in [6, 6.07) is 13.0. The lowest BCUT2D eigenvalue weighted by molar-refractivity contribution is 0.419. The second-order valence-electron chi connectivity index (χ2n) is 4.43. The van der Waals surface area contributed by atoms with Gasteiger partial charge in [0.05, 0.1) is 5.54 Å². The Morgan fingerprint density at radius 3 is 2.71 bits per heavy atom. The number of nitrogens with one attached hydrogen (secondary N) is 1. The standard InChI is InChI=1S/C14H15NS.ClH/c1-14(11-5-3-2-4-6-11)12-8-10-16-13(12)7-9-15-14;/h2-6,8,10,15H,7,9H2,1H3;1H. The van der Waals surface area contributed by atoms with Gasteiger partial charge in [-0.2, -0.15) is 0 Å². The topological polar surface area (TPSA) is 12.0 Å². The van der Waals surface area contributed by atoms with Crippen molar-refractivity contribution in [3.63, 3.8) is 0 Å². The molecule has 1 N–H and O–H groups in total. The van der Waals surface area contributed by atoms with Crippen LogP contribution in [0.25, 0.3) is 0 Å². The summed E-state index contributed by atoms with van der Waals surface area (Å²) in [5.74, 6) is 0. The van der Waals surface area contributed by atoms with Crippen LogP contribution in [0.5, 0.6) is 0 Å². The monoisotopic (exact) mass is 265 g/mol. The zero-order valence-electron chi connectivity index (χ0n) is 9.77. The number of rotatable bonds is 1. The average molecular weight is 266 g/mol. The third-order valence-electron chi connectivity index (χ3n) is 3.47. The van der Waals surface area contributed by atoms with Crippen LogP contribution in [0.3, 0.4) is 0 Å². The highest BCUT2D eigenvalue weighted by molar-refractivity contribution is 7.10. The number of fused-ring (bicyclic) bond motifs is 1. The van der Waals surface area contributed by atoms with Gasteiger partial charge in [-0.15, -0.1) is 23.7 Å². The van der Waals surface area contributed by atoms with Crippen LogP contribution < -0.4 is 5.32 Å². The van der Waals surface area contributed by atoms with E-state index < -0.39 is 0 Å². The van der Waals surface area contributed by atoms with E-state index >= 15 is 0 Å². The molecule has 0 aliphatic carbocycles. The normalized spacial score (nSPS) is 22.6. The summed E-state index contributed by atoms with van der Waals surface area (Å²) in [7, 11) is 0. The molecule has 0 saturated carbocycles. The van der Waals surface area contributed by atoms with Gasteiger partial charge in [0.15, 0.2) is 0 Å². The van der Waals surface area contributed by atoms with E-state index in [1.54, 1.807) is 0 Å². The second kappa shape index (κ2) is 4.81. The van der Waals surface area contributed by atoms with E-state index in [2.05, 4.69) is 54.0 Å². The lowest BCUT2D eigenvalue weighted by Gasteiger charge is -2.36. The quantitative estimate of drug-likeness (QED) is 0.831. The molecule has 1 aliphatic rings. The molecule has 0 radical (unpaired) electrons. The molecule has 2 aromatic rings. The first-order valence-electron chi connectivity index (χ1n) is 5.68. The first kappa shape index (κ1) is 12.6. The third-order valence-corrected chi connectivity index (χ3v) is 4.45. The highest BCUT2D eigenvalue weighted by Crippen LogP contribution is 2.36. The maximum absolute atomic E-state index is 3.66. The predicted octanol–water partition coefficient (Wildman–Crippen LogP) is 3.58. The van der Waals surface area contributed by atoms with Gasteiger partial charge in [0.1, 0.15) is 0 Å². The Labute approximate surface area is 112 Å². The summed E-state index contributed by atoms with van der Waals surface area (Å²) in [5.41, 5.74) is 2.80. The van der Waals surface area contributed by atoms with Gasteiger partial charge < -0.3 is 5.32 Å². The minimum absolute atomic E-state index is 0. The molecular formula is C14H16ClNS. The molecule has 0 fully saturated rings. The molecule has 1 aromatic carbocycles. The van der Waals surface area contributed by atoms with Gasteiger partial charge >= 0.3 is 0 Å². The molecule has 0 saturated heterocycles. The number of hydrogen-bond acceptors (Lipinski definition) is 2. The highest BCUT2D eigenvalue weighted by Gasteiger charge is 2.33. The molecular weight excluding hydrogens is 250 g/mol. The molecule has 2 heterocycles. The van der Waals surface area contributed by atoms with Crippen LogP contribution in [0.15, 0.2) is 41.8 Å². The lowest BCUT2D eigenvalue weighted by atomic mass is 9.82. The Morgan fingerprint density at radius 1 is 1.18 bits per heavy atom. The van der Waals surface area contributed by atoms with Crippen molar-refractivity contribution in [2.75, 3.05) is 6.54 Å². The van der Waals surface area contributed by atoms with Gasteiger partial charge in [0, 0.05) is 11.4 Å². The fourth-order valence-corrected chi connectivity index (χ4v) is 3.52. The molecule has 3 rings (SSSR count). The van der Waals surface area contributed by atoms with E-state index in [0.717, 1.165) is 13.0 Å². The van der Waals surface area contributed by atoms with Gasteiger partial charge in [-0.3, -0.25) is 0 Å². The van der Waals surface area contributed by atoms with Crippen LogP contribution >= 0.6 is 23.7 Å². The highest BCUT2D eigenvalue weighted by atomic mass is 35.5. The largest absolute Gasteiger partial charge is 0.304 e. The fraction of sp³-hybridized carbons (Fsp3) is 0.286. The van der Waals surface area contributed by atoms with Gasteiger partial charge in [-0.1, -0.05) is 30.3 Å². The summed E-state index contributed by atoms with van der Waals surface area (Å²) in [6.45, 7) is 3.35. The molecule has 17 heavy (non-hydrogen) atoms. The van der Waals surface area contributed by atoms with Crippen LogP contribution in [0.4, 0.5) is 0 Å². The zero-order chi connectivity index (χ0) is 11.0. The van der Waals surface area contributed by atoms with Crippen LogP contribution in [0.2, 0.25) is 0 Å². The van der Waals surface area contributed by atoms with E-state index in [9.17, 15) is 0 Å². The van der Waals surface area contributed by atoms with E-state index in [1.807, 2.05) is 11.3 Å². The smallest absolute Gasteiger partial charge is 0.0672 e. The zero-order valence-corrected chi connectivity index (χ0v) is 11.4. The van der Waals surface area contributed by atoms with Crippen molar-refractivity contribution >= 4 is 23.7 Å². The van der Waals surface area contributed by atoms with Crippen molar-refractivity contribution in [2.24, 2.45) is 0 Å². The van der Waals surface area contributed by atoms with Crippen molar-refractivity contribution in [3.05, 3.63) is 57.8 Å². The minimum Gasteiger partial charge on any atom is -0.304 e. The molecule has 1 atom stereocenters. The molecule has 3 heteroatoms. The van der Waals surface area contributed by atoms with Gasteiger partial charge in [0.25, 0.3) is 0 Å². The van der Waals surface area contributed by atoms with Gasteiger partial charge in [-0.05, 0) is 35.9 Å². The first-order chi connectivity index (χ1) is 7.81. The number of thiophene rings is 1. The van der Waals surface area contributed by atoms with Gasteiger partial charge in [0.2, 0.25) is 0 Å². The maximum Gasteiger partial charge on any atom is 0.0672 e. The molecule has 0 amide bonds. The van der Waals surface area contributed by atoms with Crippen LogP contribution in [-0.4, -0.2) is 6.54 Å². The number of hydrogen-bond donors (Lipinski definition) is 1. The fourth-order valence-electron chi connectivity index (χ4n) is 2.53. The van der Waals surface area contributed by atoms with Crippen molar-refractivity contribution in [3.8, 4) is 0 Å². The van der Waals surface area contributed by atoms with Crippen molar-refractivity contribution in [1.29, 1.82) is 0 Å². The summed E-state index contributed by atoms with van der Waals surface area (Å²) in [4.78, 5) is 1.53. The van der Waals surface area contributed by atoms with E-state index in [4.69, 9.17) is 0 Å². The molecule has 0 bridgehead atoms. The predicted molar refractivity (Wildman–Crippen MR) is 76.2 cm³/mol. The Bertz CT molecular complexity index is 494. The van der Waals surface area contributed by atoms with Crippen LogP contribution in [0.1, 0.15) is 22.9 Å². The van der Waals surface area contributed by atoms with Gasteiger partial charge in [-0.25, -0.2) is 0 Å². The number of benzene rings is 1. The Kier molecular flexibility index (Phi) is 3.57. The lowest BCUT2D eigenvalue weighted by Crippen LogP contribution is -2.45. The summed E-state index contributed by atoms with van der Waals surface area (Å²) < 4.78 is 0. The van der Waals surface area contributed by atoms with Crippen molar-refractivity contribution < 1.29 is 0 Å². The Balaban J connectivity index is 0.00000108. The SMILES string of the molecule is CC1(c2ccccc2)NCCc2sccc21.Cl. The van der Waals surface area contributed by atoms with Crippen LogP contribution in [0, 0.1) is 0 Å². The molecule has 0 spiro atoms. The molecule has 1 aromatic heterocycles. The summed E-state index contributed by atoms with van der Waals surface area (Å²) >= 11 is 1.88. The van der Waals surface area contributed by atoms with E-state index in [1.165, 1.54) is 16.0 Å². The van der Waals surface area contributed by atoms with Crippen LogP contribution in [-0.2, 0) is 12.0 Å². The molecule has 1 unspecified atom stereocenters. The minimum atomic E-state index is -0.00512. The second-order valence-corrected chi connectivity index (χ2v) is 5.43. The first-order valence-corrected chi connectivity index (χ1v) is 6.56. The average Bonchev–Trinajstić information content (AvgIpc) is 2.80. The maximum atomic E-state index is 3.66. The summed E-state index contributed by atoms with van der Waals surface area (Å²) in [5, 5.41) is 5.87. The van der Waals surface area contributed by atoms with Crippen molar-refractivity contribution in [2.45, 2.75) is 18.9 Å². The van der Waals surface area contributed by atoms with E-state index in [-0.39, 0.29) is 17.9 Å². The van der Waals surface area contributed by atoms with Crippen molar-refractivity contribution in [1.82, 2.24) is 5.32 Å².